The zero-order valence-electron chi connectivity index (χ0n) is 7.89. The lowest BCUT2D eigenvalue weighted by Gasteiger charge is -2.26. The fourth-order valence-electron chi connectivity index (χ4n) is 1.62. The van der Waals surface area contributed by atoms with E-state index in [-0.39, 0.29) is 0 Å². The van der Waals surface area contributed by atoms with Crippen LogP contribution in [0.5, 0.6) is 0 Å². The van der Waals surface area contributed by atoms with Crippen molar-refractivity contribution in [3.63, 3.8) is 0 Å². The van der Waals surface area contributed by atoms with Crippen molar-refractivity contribution >= 4 is 0 Å². The van der Waals surface area contributed by atoms with Crippen LogP contribution in [0.25, 0.3) is 0 Å². The van der Waals surface area contributed by atoms with Crippen molar-refractivity contribution in [3.05, 3.63) is 12.7 Å². The van der Waals surface area contributed by atoms with Crippen LogP contribution in [0.15, 0.2) is 12.7 Å². The van der Waals surface area contributed by atoms with Gasteiger partial charge in [0.2, 0.25) is 0 Å². The summed E-state index contributed by atoms with van der Waals surface area (Å²) in [6, 6.07) is 0. The van der Waals surface area contributed by atoms with Crippen LogP contribution in [-0.4, -0.2) is 37.6 Å². The van der Waals surface area contributed by atoms with Crippen LogP contribution in [0.2, 0.25) is 0 Å². The second-order valence-electron chi connectivity index (χ2n) is 3.40. The first-order chi connectivity index (χ1) is 5.93. The van der Waals surface area contributed by atoms with Gasteiger partial charge in [-0.25, -0.2) is 0 Å². The molecule has 1 aliphatic heterocycles. The number of rotatable bonds is 5. The van der Waals surface area contributed by atoms with Crippen molar-refractivity contribution < 1.29 is 0 Å². The molecule has 0 saturated carbocycles. The molecular formula is C10H20N2. The Morgan fingerprint density at radius 1 is 1.25 bits per heavy atom. The molecule has 2 heteroatoms. The lowest BCUT2D eigenvalue weighted by molar-refractivity contribution is 0.230. The van der Waals surface area contributed by atoms with Gasteiger partial charge in [-0.2, -0.15) is 0 Å². The van der Waals surface area contributed by atoms with Gasteiger partial charge in [-0.3, -0.25) is 0 Å². The highest BCUT2D eigenvalue weighted by Crippen LogP contribution is 2.06. The largest absolute Gasteiger partial charge is 0.312 e. The molecule has 2 nitrogen and oxygen atoms in total. The van der Waals surface area contributed by atoms with Crippen LogP contribution in [0.3, 0.4) is 0 Å². The van der Waals surface area contributed by atoms with E-state index in [4.69, 9.17) is 0 Å². The predicted octanol–water partition coefficient (Wildman–Crippen LogP) is 1.25. The summed E-state index contributed by atoms with van der Waals surface area (Å²) < 4.78 is 0. The van der Waals surface area contributed by atoms with Crippen molar-refractivity contribution in [2.24, 2.45) is 0 Å². The highest BCUT2D eigenvalue weighted by Gasteiger charge is 2.08. The Morgan fingerprint density at radius 3 is 2.67 bits per heavy atom. The zero-order valence-corrected chi connectivity index (χ0v) is 7.89. The minimum absolute atomic E-state index is 0.938. The Balaban J connectivity index is 1.94. The summed E-state index contributed by atoms with van der Waals surface area (Å²) in [6.07, 6.45) is 6.12. The van der Waals surface area contributed by atoms with Crippen LogP contribution in [0, 0.1) is 0 Å². The second kappa shape index (κ2) is 6.21. The van der Waals surface area contributed by atoms with Crippen molar-refractivity contribution in [1.82, 2.24) is 10.2 Å². The number of hydrogen-bond donors (Lipinski definition) is 1. The molecule has 1 aliphatic rings. The van der Waals surface area contributed by atoms with E-state index in [0.29, 0.717) is 0 Å². The molecule has 12 heavy (non-hydrogen) atoms. The van der Waals surface area contributed by atoms with Crippen molar-refractivity contribution in [2.75, 3.05) is 32.7 Å². The smallest absolute Gasteiger partial charge is 0.0132 e. The molecule has 1 heterocycles. The summed E-state index contributed by atoms with van der Waals surface area (Å²) in [5, 5.41) is 3.32. The van der Waals surface area contributed by atoms with Gasteiger partial charge in [-0.05, 0) is 25.9 Å². The molecule has 0 spiro atoms. The van der Waals surface area contributed by atoms with E-state index in [1.807, 2.05) is 6.08 Å². The van der Waals surface area contributed by atoms with E-state index in [2.05, 4.69) is 16.8 Å². The number of nitrogens with zero attached hydrogens (tertiary/aromatic N) is 1. The van der Waals surface area contributed by atoms with Gasteiger partial charge in [0.25, 0.3) is 0 Å². The quantitative estimate of drug-likeness (QED) is 0.491. The van der Waals surface area contributed by atoms with Crippen LogP contribution >= 0.6 is 0 Å². The monoisotopic (exact) mass is 168 g/mol. The van der Waals surface area contributed by atoms with E-state index in [1.54, 1.807) is 0 Å². The summed E-state index contributed by atoms with van der Waals surface area (Å²) >= 11 is 0. The fourth-order valence-corrected chi connectivity index (χ4v) is 1.62. The molecule has 1 saturated heterocycles. The van der Waals surface area contributed by atoms with Gasteiger partial charge >= 0.3 is 0 Å². The van der Waals surface area contributed by atoms with E-state index in [1.165, 1.54) is 38.9 Å². The molecule has 1 rings (SSSR count). The molecule has 0 atom stereocenters. The molecule has 0 unspecified atom stereocenters. The second-order valence-corrected chi connectivity index (χ2v) is 3.40. The van der Waals surface area contributed by atoms with Gasteiger partial charge in [0.15, 0.2) is 0 Å². The molecule has 0 amide bonds. The Bertz CT molecular complexity index is 117. The molecule has 0 aromatic heterocycles. The molecular weight excluding hydrogens is 148 g/mol. The number of piperidine rings is 1. The minimum Gasteiger partial charge on any atom is -0.312 e. The van der Waals surface area contributed by atoms with E-state index in [9.17, 15) is 0 Å². The van der Waals surface area contributed by atoms with Crippen molar-refractivity contribution in [1.29, 1.82) is 0 Å². The summed E-state index contributed by atoms with van der Waals surface area (Å²) in [6.45, 7) is 9.52. The molecule has 0 aromatic rings. The third kappa shape index (κ3) is 3.88. The molecule has 1 N–H and O–H groups in total. The summed E-state index contributed by atoms with van der Waals surface area (Å²) in [4.78, 5) is 2.54. The summed E-state index contributed by atoms with van der Waals surface area (Å²) in [7, 11) is 0. The number of nitrogens with one attached hydrogen (secondary N) is 1. The molecule has 0 aliphatic carbocycles. The summed E-state index contributed by atoms with van der Waals surface area (Å²) in [5.74, 6) is 0. The topological polar surface area (TPSA) is 15.3 Å². The maximum absolute atomic E-state index is 3.67. The Morgan fingerprint density at radius 2 is 2.00 bits per heavy atom. The highest BCUT2D eigenvalue weighted by molar-refractivity contribution is 4.71. The van der Waals surface area contributed by atoms with Gasteiger partial charge in [0.1, 0.15) is 0 Å². The van der Waals surface area contributed by atoms with Gasteiger partial charge in [-0.1, -0.05) is 12.5 Å². The first-order valence-corrected chi connectivity index (χ1v) is 4.97. The molecule has 1 fully saturated rings. The van der Waals surface area contributed by atoms with Gasteiger partial charge in [-0.15, -0.1) is 6.58 Å². The lowest BCUT2D eigenvalue weighted by Crippen LogP contribution is -2.35. The van der Waals surface area contributed by atoms with Crippen LogP contribution in [0.4, 0.5) is 0 Å². The van der Waals surface area contributed by atoms with Crippen LogP contribution < -0.4 is 5.32 Å². The first-order valence-electron chi connectivity index (χ1n) is 4.97. The van der Waals surface area contributed by atoms with E-state index < -0.39 is 0 Å². The van der Waals surface area contributed by atoms with Gasteiger partial charge < -0.3 is 10.2 Å². The van der Waals surface area contributed by atoms with Gasteiger partial charge in [0.05, 0.1) is 0 Å². The summed E-state index contributed by atoms with van der Waals surface area (Å²) in [5.41, 5.74) is 0. The Hall–Kier alpha value is -0.340. The van der Waals surface area contributed by atoms with E-state index in [0.717, 1.165) is 13.1 Å². The third-order valence-electron chi connectivity index (χ3n) is 2.34. The maximum Gasteiger partial charge on any atom is 0.0132 e. The Kier molecular flexibility index (Phi) is 5.04. The maximum atomic E-state index is 3.67. The minimum atomic E-state index is 0.938. The number of likely N-dealkylation sites (tertiary alicyclic amines) is 1. The molecule has 0 bridgehead atoms. The van der Waals surface area contributed by atoms with Crippen LogP contribution in [0.1, 0.15) is 19.3 Å². The average molecular weight is 168 g/mol. The molecule has 0 radical (unpaired) electrons. The SMILES string of the molecule is C=CCNCCN1CCCCC1. The van der Waals surface area contributed by atoms with Crippen molar-refractivity contribution in [2.45, 2.75) is 19.3 Å². The first kappa shape index (κ1) is 9.75. The molecule has 0 aromatic carbocycles. The fraction of sp³-hybridized carbons (Fsp3) is 0.800. The zero-order chi connectivity index (χ0) is 8.65. The predicted molar refractivity (Wildman–Crippen MR) is 53.4 cm³/mol. The number of hydrogen-bond acceptors (Lipinski definition) is 2. The van der Waals surface area contributed by atoms with Crippen molar-refractivity contribution in [3.8, 4) is 0 Å². The molecule has 70 valence electrons. The highest BCUT2D eigenvalue weighted by atomic mass is 15.1. The van der Waals surface area contributed by atoms with Gasteiger partial charge in [0, 0.05) is 19.6 Å². The third-order valence-corrected chi connectivity index (χ3v) is 2.34. The van der Waals surface area contributed by atoms with Crippen LogP contribution in [-0.2, 0) is 0 Å². The standard InChI is InChI=1S/C10H20N2/c1-2-6-11-7-10-12-8-4-3-5-9-12/h2,11H,1,3-10H2. The normalized spacial score (nSPS) is 19.3. The lowest BCUT2D eigenvalue weighted by atomic mass is 10.1. The average Bonchev–Trinajstić information content (AvgIpc) is 2.14. The Labute approximate surface area is 75.6 Å². The van der Waals surface area contributed by atoms with E-state index >= 15 is 0 Å².